The van der Waals surface area contributed by atoms with Gasteiger partial charge in [0.15, 0.2) is 0 Å². The van der Waals surface area contributed by atoms with Gasteiger partial charge in [0.05, 0.1) is 37.9 Å². The molecule has 8 nitrogen and oxygen atoms in total. The molecule has 30 heavy (non-hydrogen) atoms. The molecule has 0 aromatic rings. The highest BCUT2D eigenvalue weighted by atomic mass is 32.9. The highest BCUT2D eigenvalue weighted by Gasteiger charge is 2.21. The number of carbonyl (C=O) groups is 2. The lowest BCUT2D eigenvalue weighted by Crippen LogP contribution is -2.29. The number of hydrogen-bond donors (Lipinski definition) is 2. The van der Waals surface area contributed by atoms with Crippen LogP contribution in [0.25, 0.3) is 0 Å². The molecule has 0 aliphatic heterocycles. The van der Waals surface area contributed by atoms with Gasteiger partial charge in [0.2, 0.25) is 23.2 Å². The summed E-state index contributed by atoms with van der Waals surface area (Å²) in [4.78, 5) is 23.9. The van der Waals surface area contributed by atoms with E-state index in [9.17, 15) is 9.59 Å². The predicted octanol–water partition coefficient (Wildman–Crippen LogP) is 4.06. The van der Waals surface area contributed by atoms with Crippen LogP contribution in [0.3, 0.4) is 0 Å². The number of nitrogens with one attached hydrogen (secondary N) is 2. The first-order valence-electron chi connectivity index (χ1n) is 9.84. The normalized spacial score (nSPS) is 12.0. The van der Waals surface area contributed by atoms with E-state index in [1.165, 1.54) is 22.8 Å². The first kappa shape index (κ1) is 30.8. The van der Waals surface area contributed by atoms with Gasteiger partial charge in [0, 0.05) is 13.1 Å². The molecule has 14 heteroatoms. The number of hydrogen-bond acceptors (Lipinski definition) is 10. The largest absolute Gasteiger partial charge is 0.355 e. The Bertz CT molecular complexity index is 530. The maximum atomic E-state index is 12.0. The summed E-state index contributed by atoms with van der Waals surface area (Å²) in [5, 5.41) is 5.68. The van der Waals surface area contributed by atoms with E-state index >= 15 is 0 Å². The zero-order valence-corrected chi connectivity index (χ0v) is 23.1. The van der Waals surface area contributed by atoms with E-state index in [0.717, 1.165) is 12.8 Å². The molecule has 2 N–H and O–H groups in total. The van der Waals surface area contributed by atoms with Gasteiger partial charge in [-0.25, -0.2) is 0 Å². The lowest BCUT2D eigenvalue weighted by Gasteiger charge is -2.19. The fourth-order valence-electron chi connectivity index (χ4n) is 1.94. The monoisotopic (exact) mass is 540 g/mol. The van der Waals surface area contributed by atoms with Gasteiger partial charge in [-0.05, 0) is 64.2 Å². The number of rotatable bonds is 19. The molecule has 0 aliphatic rings. The maximum Gasteiger partial charge on any atom is 0.247 e. The van der Waals surface area contributed by atoms with E-state index in [2.05, 4.69) is 10.6 Å². The van der Waals surface area contributed by atoms with E-state index in [0.29, 0.717) is 39.5 Å². The molecule has 0 saturated heterocycles. The van der Waals surface area contributed by atoms with Gasteiger partial charge < -0.3 is 28.7 Å². The summed E-state index contributed by atoms with van der Waals surface area (Å²) in [5.74, 6) is 0.201. The first-order valence-corrected chi connectivity index (χ1v) is 18.3. The van der Waals surface area contributed by atoms with Gasteiger partial charge >= 0.3 is 0 Å². The van der Waals surface area contributed by atoms with Crippen LogP contribution in [0.4, 0.5) is 0 Å². The summed E-state index contributed by atoms with van der Waals surface area (Å²) in [6, 6.07) is 0. The molecule has 0 unspecified atom stereocenters. The van der Waals surface area contributed by atoms with Crippen molar-refractivity contribution in [3.8, 4) is 0 Å². The maximum absolute atomic E-state index is 12.0. The number of unbranched alkanes of at least 4 members (excludes halogenated alkanes) is 1. The second-order valence-electron chi connectivity index (χ2n) is 5.52. The SMILES string of the molecule is CCOP(=S)(OCC)SCC(=O)NCCCCNC(=O)CSP(=S)(OCC)OCC. The average Bonchev–Trinajstić information content (AvgIpc) is 2.68. The smallest absolute Gasteiger partial charge is 0.247 e. The summed E-state index contributed by atoms with van der Waals surface area (Å²) in [5.41, 5.74) is -4.89. The van der Waals surface area contributed by atoms with Crippen LogP contribution < -0.4 is 10.6 Å². The van der Waals surface area contributed by atoms with Gasteiger partial charge in [0.1, 0.15) is 0 Å². The van der Waals surface area contributed by atoms with Crippen molar-refractivity contribution in [2.24, 2.45) is 0 Å². The lowest BCUT2D eigenvalue weighted by molar-refractivity contribution is -0.119. The molecule has 0 aliphatic carbocycles. The highest BCUT2D eigenvalue weighted by molar-refractivity contribution is 8.68. The third-order valence-corrected chi connectivity index (χ3v) is 13.9. The zero-order valence-electron chi connectivity index (χ0n) is 18.0. The molecule has 0 saturated carbocycles. The third-order valence-electron chi connectivity index (χ3n) is 3.10. The Morgan fingerprint density at radius 1 is 0.700 bits per heavy atom. The second kappa shape index (κ2) is 18.2. The quantitative estimate of drug-likeness (QED) is 0.184. The Kier molecular flexibility index (Phi) is 18.7. The van der Waals surface area contributed by atoms with Crippen LogP contribution in [0.1, 0.15) is 40.5 Å². The molecular formula is C16H34N2O6P2S4. The molecule has 2 amide bonds. The molecule has 0 heterocycles. The van der Waals surface area contributed by atoms with E-state index < -0.39 is 11.4 Å². The van der Waals surface area contributed by atoms with Crippen LogP contribution in [-0.4, -0.2) is 62.8 Å². The number of carbonyl (C=O) groups excluding carboxylic acids is 2. The van der Waals surface area contributed by atoms with Crippen molar-refractivity contribution >= 4 is 69.6 Å². The van der Waals surface area contributed by atoms with Crippen molar-refractivity contribution in [1.29, 1.82) is 0 Å². The Hall–Kier alpha value is 0.780. The molecule has 178 valence electrons. The molecule has 0 radical (unpaired) electrons. The van der Waals surface area contributed by atoms with Crippen LogP contribution in [0.15, 0.2) is 0 Å². The Morgan fingerprint density at radius 2 is 1.00 bits per heavy atom. The van der Waals surface area contributed by atoms with E-state index in [4.69, 9.17) is 41.7 Å². The fourth-order valence-corrected chi connectivity index (χ4v) is 10.4. The Balaban J connectivity index is 3.93. The molecule has 0 fully saturated rings. The van der Waals surface area contributed by atoms with Crippen LogP contribution in [0.2, 0.25) is 0 Å². The van der Waals surface area contributed by atoms with Crippen LogP contribution in [-0.2, 0) is 51.3 Å². The molecular weight excluding hydrogens is 506 g/mol. The van der Waals surface area contributed by atoms with Crippen molar-refractivity contribution in [1.82, 2.24) is 10.6 Å². The highest BCUT2D eigenvalue weighted by Crippen LogP contribution is 2.61. The average molecular weight is 541 g/mol. The van der Waals surface area contributed by atoms with Crippen LogP contribution in [0.5, 0.6) is 0 Å². The molecule has 0 spiro atoms. The third kappa shape index (κ3) is 15.6. The molecule has 0 bridgehead atoms. The Labute approximate surface area is 198 Å². The molecule has 0 aromatic carbocycles. The summed E-state index contributed by atoms with van der Waals surface area (Å²) in [6.45, 7) is 10.3. The van der Waals surface area contributed by atoms with Gasteiger partial charge in [-0.1, -0.05) is 22.8 Å². The van der Waals surface area contributed by atoms with Gasteiger partial charge in [-0.3, -0.25) is 9.59 Å². The summed E-state index contributed by atoms with van der Waals surface area (Å²) < 4.78 is 22.0. The van der Waals surface area contributed by atoms with Crippen molar-refractivity contribution < 1.29 is 27.7 Å². The van der Waals surface area contributed by atoms with Crippen molar-refractivity contribution in [2.45, 2.75) is 40.5 Å². The number of amides is 2. The minimum absolute atomic E-state index is 0.105. The Morgan fingerprint density at radius 3 is 1.27 bits per heavy atom. The molecule has 0 aromatic heterocycles. The summed E-state index contributed by atoms with van der Waals surface area (Å²) in [7, 11) is 0. The lowest BCUT2D eigenvalue weighted by atomic mass is 10.3. The van der Waals surface area contributed by atoms with Crippen molar-refractivity contribution in [2.75, 3.05) is 51.0 Å². The van der Waals surface area contributed by atoms with Crippen LogP contribution >= 0.6 is 34.2 Å². The van der Waals surface area contributed by atoms with Crippen LogP contribution in [0, 0.1) is 0 Å². The first-order chi connectivity index (χ1) is 14.2. The van der Waals surface area contributed by atoms with E-state index in [-0.39, 0.29) is 23.3 Å². The predicted molar refractivity (Wildman–Crippen MR) is 135 cm³/mol. The standard InChI is InChI=1S/C16H34N2O6P2S4/c1-5-21-25(27,22-6-2)29-13-15(19)17-11-9-10-12-18-16(20)14-30-26(28,23-7-3)24-8-4/h5-14H2,1-4H3,(H,17,19)(H,18,20). The molecule has 0 rings (SSSR count). The minimum Gasteiger partial charge on any atom is -0.355 e. The van der Waals surface area contributed by atoms with E-state index in [1.54, 1.807) is 0 Å². The van der Waals surface area contributed by atoms with Crippen molar-refractivity contribution in [3.05, 3.63) is 0 Å². The zero-order chi connectivity index (χ0) is 22.9. The van der Waals surface area contributed by atoms with Gasteiger partial charge in [0.25, 0.3) is 0 Å². The summed E-state index contributed by atoms with van der Waals surface area (Å²) >= 11 is 13.3. The van der Waals surface area contributed by atoms with E-state index in [1.807, 2.05) is 27.7 Å². The second-order valence-corrected chi connectivity index (χ2v) is 18.1. The van der Waals surface area contributed by atoms with Crippen molar-refractivity contribution in [3.63, 3.8) is 0 Å². The molecule has 0 atom stereocenters. The van der Waals surface area contributed by atoms with Gasteiger partial charge in [-0.15, -0.1) is 0 Å². The van der Waals surface area contributed by atoms with Gasteiger partial charge in [-0.2, -0.15) is 0 Å². The fraction of sp³-hybridized carbons (Fsp3) is 0.875. The summed E-state index contributed by atoms with van der Waals surface area (Å²) in [6.07, 6.45) is 1.51. The minimum atomic E-state index is -2.45. The topological polar surface area (TPSA) is 95.1 Å².